The Labute approximate surface area is 110 Å². The normalized spacial score (nSPS) is 19.5. The summed E-state index contributed by atoms with van der Waals surface area (Å²) in [4.78, 5) is 12.7. The van der Waals surface area contributed by atoms with Crippen LogP contribution in [0, 0.1) is 11.3 Å². The average molecular weight is 262 g/mol. The third-order valence-electron chi connectivity index (χ3n) is 2.71. The van der Waals surface area contributed by atoms with E-state index in [9.17, 15) is 4.79 Å². The molecule has 1 aliphatic rings. The van der Waals surface area contributed by atoms with Gasteiger partial charge in [0.25, 0.3) is 5.91 Å². The Kier molecular flexibility index (Phi) is 4.51. The summed E-state index contributed by atoms with van der Waals surface area (Å²) in [6.45, 7) is 1.24. The summed E-state index contributed by atoms with van der Waals surface area (Å²) in [6, 6.07) is 5.69. The van der Waals surface area contributed by atoms with Crippen LogP contribution in [0.2, 0.25) is 0 Å². The van der Waals surface area contributed by atoms with Crippen LogP contribution in [-0.2, 0) is 9.53 Å². The van der Waals surface area contributed by atoms with Crippen molar-refractivity contribution in [2.75, 3.05) is 13.2 Å². The van der Waals surface area contributed by atoms with Crippen molar-refractivity contribution in [3.63, 3.8) is 0 Å². The summed E-state index contributed by atoms with van der Waals surface area (Å²) >= 11 is 1.50. The maximum atomic E-state index is 11.8. The van der Waals surface area contributed by atoms with Crippen LogP contribution < -0.4 is 5.32 Å². The van der Waals surface area contributed by atoms with Crippen LogP contribution in [0.25, 0.3) is 6.08 Å². The topological polar surface area (TPSA) is 62.1 Å². The number of amides is 1. The van der Waals surface area contributed by atoms with Gasteiger partial charge in [-0.05, 0) is 30.4 Å². The Balaban J connectivity index is 1.91. The summed E-state index contributed by atoms with van der Waals surface area (Å²) < 4.78 is 5.41. The highest BCUT2D eigenvalue weighted by Gasteiger charge is 2.17. The number of rotatable bonds is 4. The van der Waals surface area contributed by atoms with E-state index in [4.69, 9.17) is 10.00 Å². The molecule has 94 valence electrons. The molecule has 1 amide bonds. The van der Waals surface area contributed by atoms with E-state index in [0.717, 1.165) is 24.3 Å². The maximum absolute atomic E-state index is 11.8. The van der Waals surface area contributed by atoms with Gasteiger partial charge in [0.15, 0.2) is 0 Å². The van der Waals surface area contributed by atoms with Crippen molar-refractivity contribution in [1.29, 1.82) is 5.26 Å². The molecule has 0 aliphatic carbocycles. The fraction of sp³-hybridized carbons (Fsp3) is 0.385. The SMILES string of the molecule is N#C/C(=C/c1cccs1)C(=O)NC[C@@H]1CCCO1. The van der Waals surface area contributed by atoms with Gasteiger partial charge < -0.3 is 10.1 Å². The minimum atomic E-state index is -0.332. The lowest BCUT2D eigenvalue weighted by Gasteiger charge is -2.09. The molecule has 0 spiro atoms. The second kappa shape index (κ2) is 6.34. The van der Waals surface area contributed by atoms with Crippen molar-refractivity contribution in [1.82, 2.24) is 5.32 Å². The number of hydrogen-bond acceptors (Lipinski definition) is 4. The first-order valence-corrected chi connectivity index (χ1v) is 6.72. The zero-order chi connectivity index (χ0) is 12.8. The van der Waals surface area contributed by atoms with Gasteiger partial charge in [0.05, 0.1) is 6.10 Å². The van der Waals surface area contributed by atoms with Crippen LogP contribution in [0.5, 0.6) is 0 Å². The minimum absolute atomic E-state index is 0.0932. The molecule has 1 saturated heterocycles. The largest absolute Gasteiger partial charge is 0.376 e. The van der Waals surface area contributed by atoms with E-state index in [1.807, 2.05) is 23.6 Å². The second-order valence-corrected chi connectivity index (χ2v) is 5.01. The highest BCUT2D eigenvalue weighted by Crippen LogP contribution is 2.14. The third-order valence-corrected chi connectivity index (χ3v) is 3.53. The van der Waals surface area contributed by atoms with Crippen LogP contribution in [-0.4, -0.2) is 25.2 Å². The van der Waals surface area contributed by atoms with Crippen LogP contribution >= 0.6 is 11.3 Å². The van der Waals surface area contributed by atoms with Gasteiger partial charge in [-0.2, -0.15) is 5.26 Å². The monoisotopic (exact) mass is 262 g/mol. The van der Waals surface area contributed by atoms with E-state index in [2.05, 4.69) is 5.32 Å². The Morgan fingerprint density at radius 3 is 3.22 bits per heavy atom. The minimum Gasteiger partial charge on any atom is -0.376 e. The molecule has 1 fully saturated rings. The predicted molar refractivity (Wildman–Crippen MR) is 69.9 cm³/mol. The number of thiophene rings is 1. The molecule has 0 aromatic carbocycles. The lowest BCUT2D eigenvalue weighted by molar-refractivity contribution is -0.117. The molecule has 5 heteroatoms. The smallest absolute Gasteiger partial charge is 0.262 e. The Bertz CT molecular complexity index is 468. The van der Waals surface area contributed by atoms with Gasteiger partial charge >= 0.3 is 0 Å². The van der Waals surface area contributed by atoms with E-state index >= 15 is 0 Å². The summed E-state index contributed by atoms with van der Waals surface area (Å²) in [7, 11) is 0. The quantitative estimate of drug-likeness (QED) is 0.666. The first-order valence-electron chi connectivity index (χ1n) is 5.84. The highest BCUT2D eigenvalue weighted by molar-refractivity contribution is 7.10. The average Bonchev–Trinajstić information content (AvgIpc) is 3.06. The van der Waals surface area contributed by atoms with Crippen molar-refractivity contribution in [3.05, 3.63) is 28.0 Å². The molecule has 0 bridgehead atoms. The van der Waals surface area contributed by atoms with Gasteiger partial charge in [-0.25, -0.2) is 0 Å². The summed E-state index contributed by atoms with van der Waals surface area (Å²) in [6.07, 6.45) is 3.71. The van der Waals surface area contributed by atoms with E-state index in [0.29, 0.717) is 6.54 Å². The van der Waals surface area contributed by atoms with E-state index in [-0.39, 0.29) is 17.6 Å². The summed E-state index contributed by atoms with van der Waals surface area (Å²) in [5, 5.41) is 13.6. The van der Waals surface area contributed by atoms with Gasteiger partial charge in [-0.1, -0.05) is 6.07 Å². The van der Waals surface area contributed by atoms with Crippen molar-refractivity contribution in [2.45, 2.75) is 18.9 Å². The standard InChI is InChI=1S/C13H14N2O2S/c14-8-10(7-12-4-2-6-18-12)13(16)15-9-11-3-1-5-17-11/h2,4,6-7,11H,1,3,5,9H2,(H,15,16)/b10-7-/t11-/m0/s1. The molecule has 1 aromatic heterocycles. The molecule has 0 saturated carbocycles. The van der Waals surface area contributed by atoms with E-state index in [1.165, 1.54) is 11.3 Å². The van der Waals surface area contributed by atoms with Crippen molar-refractivity contribution in [3.8, 4) is 6.07 Å². The molecule has 2 heterocycles. The van der Waals surface area contributed by atoms with Gasteiger partial charge in [-0.15, -0.1) is 11.3 Å². The Morgan fingerprint density at radius 1 is 1.72 bits per heavy atom. The first kappa shape index (κ1) is 12.8. The van der Waals surface area contributed by atoms with Gasteiger partial charge in [0, 0.05) is 18.0 Å². The van der Waals surface area contributed by atoms with Gasteiger partial charge in [-0.3, -0.25) is 4.79 Å². The van der Waals surface area contributed by atoms with Crippen LogP contribution in [0.15, 0.2) is 23.1 Å². The molecular weight excluding hydrogens is 248 g/mol. The molecule has 0 unspecified atom stereocenters. The Hall–Kier alpha value is -1.64. The predicted octanol–water partition coefficient (Wildman–Crippen LogP) is 1.95. The molecule has 0 radical (unpaired) electrons. The van der Waals surface area contributed by atoms with Crippen LogP contribution in [0.3, 0.4) is 0 Å². The van der Waals surface area contributed by atoms with Gasteiger partial charge in [0.1, 0.15) is 11.6 Å². The number of hydrogen-bond donors (Lipinski definition) is 1. The number of ether oxygens (including phenoxy) is 1. The molecule has 1 aliphatic heterocycles. The second-order valence-electron chi connectivity index (χ2n) is 4.03. The summed E-state index contributed by atoms with van der Waals surface area (Å²) in [5.74, 6) is -0.332. The van der Waals surface area contributed by atoms with Crippen molar-refractivity contribution in [2.24, 2.45) is 0 Å². The fourth-order valence-electron chi connectivity index (χ4n) is 1.77. The summed E-state index contributed by atoms with van der Waals surface area (Å²) in [5.41, 5.74) is 0.135. The third kappa shape index (κ3) is 3.42. The molecular formula is C13H14N2O2S. The zero-order valence-electron chi connectivity index (χ0n) is 9.89. The molecule has 1 atom stereocenters. The highest BCUT2D eigenvalue weighted by atomic mass is 32.1. The number of carbonyl (C=O) groups is 1. The lowest BCUT2D eigenvalue weighted by atomic mass is 10.2. The van der Waals surface area contributed by atoms with Crippen molar-refractivity contribution >= 4 is 23.3 Å². The number of nitrogens with zero attached hydrogens (tertiary/aromatic N) is 1. The first-order chi connectivity index (χ1) is 8.79. The molecule has 4 nitrogen and oxygen atoms in total. The lowest BCUT2D eigenvalue weighted by Crippen LogP contribution is -2.32. The number of carbonyl (C=O) groups excluding carboxylic acids is 1. The van der Waals surface area contributed by atoms with Crippen LogP contribution in [0.4, 0.5) is 0 Å². The number of nitrogens with one attached hydrogen (secondary N) is 1. The Morgan fingerprint density at radius 2 is 2.61 bits per heavy atom. The number of nitriles is 1. The zero-order valence-corrected chi connectivity index (χ0v) is 10.7. The van der Waals surface area contributed by atoms with E-state index < -0.39 is 0 Å². The maximum Gasteiger partial charge on any atom is 0.262 e. The molecule has 1 N–H and O–H groups in total. The molecule has 18 heavy (non-hydrogen) atoms. The fourth-order valence-corrected chi connectivity index (χ4v) is 2.43. The molecule has 2 rings (SSSR count). The molecule has 1 aromatic rings. The van der Waals surface area contributed by atoms with Crippen molar-refractivity contribution < 1.29 is 9.53 Å². The van der Waals surface area contributed by atoms with Gasteiger partial charge in [0.2, 0.25) is 0 Å². The van der Waals surface area contributed by atoms with E-state index in [1.54, 1.807) is 6.08 Å². The van der Waals surface area contributed by atoms with Crippen LogP contribution in [0.1, 0.15) is 17.7 Å².